The fraction of sp³-hybridized carbons (Fsp3) is 0.364. The maximum Gasteiger partial charge on any atom is 0.396 e. The third-order valence-corrected chi connectivity index (χ3v) is 16.9. The summed E-state index contributed by atoms with van der Waals surface area (Å²) in [5, 5.41) is 10.9. The molecule has 5 heterocycles. The summed E-state index contributed by atoms with van der Waals surface area (Å²) in [7, 11) is -6.91. The first kappa shape index (κ1) is 56.7. The molecule has 80 heavy (non-hydrogen) atoms. The van der Waals surface area contributed by atoms with Crippen LogP contribution in [0.4, 0.5) is 5.69 Å². The first-order valence-electron chi connectivity index (χ1n) is 26.2. The van der Waals surface area contributed by atoms with Crippen molar-refractivity contribution in [2.24, 2.45) is 12.8 Å². The van der Waals surface area contributed by atoms with Gasteiger partial charge in [0.25, 0.3) is 11.4 Å². The number of aromatic amines is 1. The van der Waals surface area contributed by atoms with Gasteiger partial charge >= 0.3 is 13.3 Å². The first-order chi connectivity index (χ1) is 37.9. The number of nitrogens with two attached hydrogens (primary N) is 1. The van der Waals surface area contributed by atoms with Crippen LogP contribution in [0.25, 0.3) is 21.9 Å². The molecule has 9 rings (SSSR count). The molecule has 0 saturated carbocycles. The minimum absolute atomic E-state index is 0.0154. The maximum atomic E-state index is 14.9. The molecule has 4 aromatic carbocycles. The Morgan fingerprint density at radius 2 is 1.52 bits per heavy atom. The van der Waals surface area contributed by atoms with Crippen molar-refractivity contribution >= 4 is 91.9 Å². The van der Waals surface area contributed by atoms with Crippen LogP contribution in [0.15, 0.2) is 88.6 Å². The number of nitrogens with one attached hydrogen (secondary N) is 5. The molecule has 0 aliphatic carbocycles. The average Bonchev–Trinajstić information content (AvgIpc) is 4.25. The zero-order valence-electron chi connectivity index (χ0n) is 43.8. The van der Waals surface area contributed by atoms with E-state index in [-0.39, 0.29) is 72.8 Å². The number of primary amides is 1. The number of hydrogen-bond donors (Lipinski definition) is 8. The lowest BCUT2D eigenvalue weighted by Crippen LogP contribution is -2.57. The third-order valence-electron chi connectivity index (χ3n) is 15.0. The summed E-state index contributed by atoms with van der Waals surface area (Å²) in [6, 6.07) is 16.4. The molecular formula is C55H60N9O14PS. The quantitative estimate of drug-likeness (QED) is 0.0292. The highest BCUT2D eigenvalue weighted by molar-refractivity contribution is 7.90. The van der Waals surface area contributed by atoms with Gasteiger partial charge in [0.05, 0.1) is 21.6 Å². The molecule has 0 bridgehead atoms. The smallest absolute Gasteiger partial charge is 0.370 e. The van der Waals surface area contributed by atoms with Crippen LogP contribution in [0, 0.1) is 0 Å². The summed E-state index contributed by atoms with van der Waals surface area (Å²) in [5.74, 6) is -4.26. The van der Waals surface area contributed by atoms with Gasteiger partial charge in [-0.25, -0.2) is 13.2 Å². The zero-order chi connectivity index (χ0) is 57.4. The molecule has 1 saturated heterocycles. The van der Waals surface area contributed by atoms with Crippen LogP contribution >= 0.6 is 7.60 Å². The number of imide groups is 1. The van der Waals surface area contributed by atoms with Gasteiger partial charge in [0, 0.05) is 55.6 Å². The van der Waals surface area contributed by atoms with Gasteiger partial charge in [-0.3, -0.25) is 62.3 Å². The normalized spacial score (nSPS) is 17.7. The highest BCUT2D eigenvalue weighted by Crippen LogP contribution is 2.42. The Kier molecular flexibility index (Phi) is 16.3. The van der Waals surface area contributed by atoms with Gasteiger partial charge in [-0.1, -0.05) is 43.2 Å². The molecule has 3 aliphatic heterocycles. The zero-order valence-corrected chi connectivity index (χ0v) is 45.5. The van der Waals surface area contributed by atoms with Crippen molar-refractivity contribution in [1.82, 2.24) is 35.4 Å². The van der Waals surface area contributed by atoms with E-state index in [1.54, 1.807) is 7.05 Å². The van der Waals surface area contributed by atoms with E-state index in [0.29, 0.717) is 51.6 Å². The molecule has 420 valence electrons. The minimum atomic E-state index is -5.10. The van der Waals surface area contributed by atoms with Crippen molar-refractivity contribution in [3.63, 3.8) is 0 Å². The number of H-pyrrole nitrogens is 1. The monoisotopic (exact) mass is 1130 g/mol. The van der Waals surface area contributed by atoms with E-state index in [9.17, 15) is 65.9 Å². The predicted molar refractivity (Wildman–Crippen MR) is 292 cm³/mol. The standard InChI is InChI=1S/C55H60N9O14PS/c1-62-44-25-30(11-19-42(44)63(55(62)73)43-20-22-47(66)61-51(43)69)7-5-3-4-6-8-32-23-33-12-17-40(60-50(68)41-27-35-26-34(13-16-38(35)58-41)54(72)79(74,75)76)53(71)64-45(28-36(24-32)48(33)64)52(70)59-39(18-21-46(56)65)49(67)57-29-31-9-14-37(15-10-31)80(2,77)78/h9-11,13-16,19,23-27,39-40,43,45,58H,3-8,12,17-18,20-22,28-29H2,1-2H3,(H2,56,65)(H,57,67)(H,59,70)(H,60,68)(H,61,66,69)(H2,74,75,76)/t39-,40-,43?,45-/m0/s1. The number of amides is 7. The van der Waals surface area contributed by atoms with Gasteiger partial charge in [0.1, 0.15) is 29.9 Å². The van der Waals surface area contributed by atoms with Crippen molar-refractivity contribution in [1.29, 1.82) is 0 Å². The third kappa shape index (κ3) is 12.2. The van der Waals surface area contributed by atoms with Gasteiger partial charge in [0.15, 0.2) is 9.84 Å². The van der Waals surface area contributed by atoms with Crippen LogP contribution < -0.4 is 37.6 Å². The number of imidazole rings is 1. The molecule has 1 unspecified atom stereocenters. The Bertz CT molecular complexity index is 3770. The van der Waals surface area contributed by atoms with E-state index in [1.165, 1.54) is 62.6 Å². The Morgan fingerprint density at radius 1 is 0.825 bits per heavy atom. The van der Waals surface area contributed by atoms with Crippen molar-refractivity contribution in [2.45, 2.75) is 119 Å². The number of nitrogens with zero attached hydrogens (tertiary/aromatic N) is 3. The van der Waals surface area contributed by atoms with E-state index in [0.717, 1.165) is 55.1 Å². The second-order valence-corrected chi connectivity index (χ2v) is 24.2. The Morgan fingerprint density at radius 3 is 2.21 bits per heavy atom. The molecule has 4 atom stereocenters. The average molecular weight is 1130 g/mol. The number of piperidine rings is 1. The van der Waals surface area contributed by atoms with Crippen molar-refractivity contribution in [2.75, 3.05) is 11.2 Å². The first-order valence-corrected chi connectivity index (χ1v) is 29.7. The molecule has 2 aromatic heterocycles. The van der Waals surface area contributed by atoms with Gasteiger partial charge in [-0.2, -0.15) is 0 Å². The highest BCUT2D eigenvalue weighted by Gasteiger charge is 2.45. The molecule has 0 radical (unpaired) electrons. The van der Waals surface area contributed by atoms with Crippen LogP contribution in [-0.4, -0.2) is 104 Å². The van der Waals surface area contributed by atoms with E-state index in [4.69, 9.17) is 5.73 Å². The van der Waals surface area contributed by atoms with Gasteiger partial charge in [-0.05, 0) is 128 Å². The van der Waals surface area contributed by atoms with Crippen molar-refractivity contribution in [3.8, 4) is 0 Å². The van der Waals surface area contributed by atoms with Gasteiger partial charge < -0.3 is 36.5 Å². The molecule has 7 amide bonds. The fourth-order valence-corrected chi connectivity index (χ4v) is 12.0. The van der Waals surface area contributed by atoms with E-state index >= 15 is 0 Å². The number of carbonyl (C=O) groups excluding carboxylic acids is 8. The minimum Gasteiger partial charge on any atom is -0.370 e. The van der Waals surface area contributed by atoms with Gasteiger partial charge in [-0.15, -0.1) is 0 Å². The predicted octanol–water partition coefficient (Wildman–Crippen LogP) is 2.94. The Hall–Kier alpha value is -8.05. The summed E-state index contributed by atoms with van der Waals surface area (Å²) in [5.41, 5.74) is 9.71. The van der Waals surface area contributed by atoms with Crippen molar-refractivity contribution in [3.05, 3.63) is 128 Å². The number of rotatable bonds is 21. The molecular weight excluding hydrogens is 1070 g/mol. The summed E-state index contributed by atoms with van der Waals surface area (Å²) in [6.45, 7) is -0.0495. The van der Waals surface area contributed by atoms with E-state index in [2.05, 4.69) is 26.3 Å². The van der Waals surface area contributed by atoms with E-state index in [1.807, 2.05) is 30.3 Å². The summed E-state index contributed by atoms with van der Waals surface area (Å²) >= 11 is 0. The lowest BCUT2D eigenvalue weighted by molar-refractivity contribution is -0.136. The summed E-state index contributed by atoms with van der Waals surface area (Å²) < 4.78 is 38.6. The Balaban J connectivity index is 0.904. The fourth-order valence-electron chi connectivity index (χ4n) is 10.9. The number of unbranched alkanes of at least 4 members (excludes halogenated alkanes) is 3. The Labute approximate surface area is 458 Å². The number of anilines is 1. The molecule has 3 aliphatic rings. The molecule has 9 N–H and O–H groups in total. The summed E-state index contributed by atoms with van der Waals surface area (Å²) in [6.07, 6.45) is 6.35. The van der Waals surface area contributed by atoms with Crippen LogP contribution in [-0.2, 0) is 82.4 Å². The lowest BCUT2D eigenvalue weighted by Gasteiger charge is -2.29. The number of fused-ring (bicyclic) bond motifs is 2. The number of aryl methyl sites for hydroxylation is 4. The van der Waals surface area contributed by atoms with Crippen LogP contribution in [0.5, 0.6) is 0 Å². The number of carbonyl (C=O) groups is 8. The highest BCUT2D eigenvalue weighted by atomic mass is 32.2. The molecule has 0 spiro atoms. The second kappa shape index (κ2) is 23.0. The van der Waals surface area contributed by atoms with E-state index < -0.39 is 82.6 Å². The number of aromatic nitrogens is 3. The van der Waals surface area contributed by atoms with Crippen molar-refractivity contribution < 1.29 is 61.1 Å². The number of hydrogen-bond acceptors (Lipinski definition) is 12. The van der Waals surface area contributed by atoms with Crippen LogP contribution in [0.2, 0.25) is 0 Å². The number of benzene rings is 4. The van der Waals surface area contributed by atoms with Crippen LogP contribution in [0.3, 0.4) is 0 Å². The number of sulfone groups is 1. The topological polar surface area (TPSA) is 348 Å². The molecule has 1 fully saturated rings. The largest absolute Gasteiger partial charge is 0.396 e. The SMILES string of the molecule is Cn1c(=O)n(C2CCC(=O)NC2=O)c2ccc(CCCCCCc3cc4c5c(c3)C[C@@H](C(=O)N[C@@H](CCC(N)=O)C(=O)NCc3ccc(S(C)(=O)=O)cc3)N5C(=O)[C@@H](NC(=O)c3cc5cc(C(=O)P(=O)(O)O)ccc5[nH]3)CC4)cc21. The molecule has 6 aromatic rings. The summed E-state index contributed by atoms with van der Waals surface area (Å²) in [4.78, 5) is 142. The lowest BCUT2D eigenvalue weighted by atomic mass is 9.95. The second-order valence-electron chi connectivity index (χ2n) is 20.7. The van der Waals surface area contributed by atoms with Gasteiger partial charge in [0.2, 0.25) is 35.4 Å². The maximum absolute atomic E-state index is 14.9. The van der Waals surface area contributed by atoms with Crippen LogP contribution in [0.1, 0.15) is 112 Å². The molecule has 23 nitrogen and oxygen atoms in total. The molecule has 25 heteroatoms.